The Morgan fingerprint density at radius 2 is 1.11 bits per heavy atom. The molecule has 1 heterocycles. The van der Waals surface area contributed by atoms with Gasteiger partial charge in [0, 0.05) is 10.9 Å². The molecular weight excluding hydrogens is 552 g/mol. The second-order valence-corrected chi connectivity index (χ2v) is 11.7. The van der Waals surface area contributed by atoms with Crippen LogP contribution in [0.15, 0.2) is 145 Å². The fourth-order valence-corrected chi connectivity index (χ4v) is 7.55. The molecule has 0 fully saturated rings. The zero-order valence-electron chi connectivity index (χ0n) is 24.1. The van der Waals surface area contributed by atoms with Crippen molar-refractivity contribution in [1.82, 2.24) is 4.98 Å². The summed E-state index contributed by atoms with van der Waals surface area (Å²) in [5.41, 5.74) is 11.6. The van der Waals surface area contributed by atoms with Crippen LogP contribution in [0.1, 0.15) is 27.9 Å². The van der Waals surface area contributed by atoms with Gasteiger partial charge in [0.2, 0.25) is 0 Å². The highest BCUT2D eigenvalue weighted by atomic mass is 16.3. The average molecular weight is 579 g/mol. The molecule has 0 atom stereocenters. The molecule has 1 aromatic heterocycles. The van der Waals surface area contributed by atoms with Crippen molar-refractivity contribution in [1.29, 1.82) is 0 Å². The van der Waals surface area contributed by atoms with Crippen molar-refractivity contribution < 1.29 is 10.2 Å². The summed E-state index contributed by atoms with van der Waals surface area (Å²) in [5, 5.41) is 23.8. The minimum Gasteiger partial charge on any atom is -0.507 e. The number of hydrogen-bond acceptors (Lipinski definition) is 4. The van der Waals surface area contributed by atoms with Gasteiger partial charge in [-0.1, -0.05) is 103 Å². The molecule has 6 aromatic carbocycles. The maximum absolute atomic E-state index is 11.7. The number of aromatic nitrogens is 1. The summed E-state index contributed by atoms with van der Waals surface area (Å²) in [7, 11) is 0. The Kier molecular flexibility index (Phi) is 5.38. The highest BCUT2D eigenvalue weighted by Crippen LogP contribution is 2.63. The number of nitrogens with zero attached hydrogens (tertiary/aromatic N) is 2. The van der Waals surface area contributed by atoms with Gasteiger partial charge >= 0.3 is 0 Å². The molecule has 0 aliphatic heterocycles. The van der Waals surface area contributed by atoms with Crippen molar-refractivity contribution in [2.75, 3.05) is 0 Å². The van der Waals surface area contributed by atoms with E-state index in [0.717, 1.165) is 22.1 Å². The normalized spacial score (nSPS) is 13.6. The Bertz CT molecular complexity index is 2320. The molecule has 0 saturated carbocycles. The molecule has 0 amide bonds. The van der Waals surface area contributed by atoms with Crippen LogP contribution in [0.4, 0.5) is 5.69 Å². The highest BCUT2D eigenvalue weighted by Gasteiger charge is 2.51. The lowest BCUT2D eigenvalue weighted by molar-refractivity contribution is 0.476. The van der Waals surface area contributed by atoms with Crippen LogP contribution in [-0.4, -0.2) is 21.4 Å². The molecule has 9 rings (SSSR count). The van der Waals surface area contributed by atoms with E-state index in [9.17, 15) is 10.2 Å². The van der Waals surface area contributed by atoms with Crippen molar-refractivity contribution in [2.45, 2.75) is 5.41 Å². The van der Waals surface area contributed by atoms with Crippen LogP contribution < -0.4 is 0 Å². The maximum Gasteiger partial charge on any atom is 0.125 e. The zero-order valence-corrected chi connectivity index (χ0v) is 24.1. The molecule has 4 heteroatoms. The molecule has 4 nitrogen and oxygen atoms in total. The van der Waals surface area contributed by atoms with Gasteiger partial charge in [-0.2, -0.15) is 0 Å². The SMILES string of the molecule is Oc1cc2c(cc1-c1cccc(C=Nc3cccc4cccc(O)c34)n1)-c1ccccc1C21c2ccccc2-c2ccccc21. The van der Waals surface area contributed by atoms with E-state index in [2.05, 4.69) is 78.9 Å². The Morgan fingerprint density at radius 3 is 1.80 bits per heavy atom. The number of fused-ring (bicyclic) bond motifs is 11. The summed E-state index contributed by atoms with van der Waals surface area (Å²) < 4.78 is 0. The first-order valence-corrected chi connectivity index (χ1v) is 15.0. The molecule has 2 aliphatic carbocycles. The van der Waals surface area contributed by atoms with Crippen LogP contribution in [0.2, 0.25) is 0 Å². The molecule has 0 bridgehead atoms. The topological polar surface area (TPSA) is 65.7 Å². The summed E-state index contributed by atoms with van der Waals surface area (Å²) in [5.74, 6) is 0.374. The van der Waals surface area contributed by atoms with Gasteiger partial charge in [0.05, 0.1) is 28.7 Å². The molecule has 0 saturated heterocycles. The van der Waals surface area contributed by atoms with Crippen LogP contribution in [0.3, 0.4) is 0 Å². The number of hydrogen-bond donors (Lipinski definition) is 2. The van der Waals surface area contributed by atoms with Gasteiger partial charge in [0.1, 0.15) is 11.5 Å². The number of aromatic hydroxyl groups is 2. The quantitative estimate of drug-likeness (QED) is 0.205. The van der Waals surface area contributed by atoms with E-state index >= 15 is 0 Å². The monoisotopic (exact) mass is 578 g/mol. The van der Waals surface area contributed by atoms with Gasteiger partial charge in [0.25, 0.3) is 0 Å². The molecule has 45 heavy (non-hydrogen) atoms. The lowest BCUT2D eigenvalue weighted by atomic mass is 9.70. The van der Waals surface area contributed by atoms with Crippen LogP contribution in [0, 0.1) is 0 Å². The summed E-state index contributed by atoms with van der Waals surface area (Å²) >= 11 is 0. The van der Waals surface area contributed by atoms with Crippen LogP contribution in [-0.2, 0) is 5.41 Å². The second kappa shape index (κ2) is 9.50. The van der Waals surface area contributed by atoms with E-state index in [-0.39, 0.29) is 11.5 Å². The van der Waals surface area contributed by atoms with Crippen molar-refractivity contribution in [3.05, 3.63) is 167 Å². The lowest BCUT2D eigenvalue weighted by Crippen LogP contribution is -2.25. The summed E-state index contributed by atoms with van der Waals surface area (Å²) in [4.78, 5) is 9.58. The van der Waals surface area contributed by atoms with Crippen molar-refractivity contribution in [3.8, 4) is 45.0 Å². The number of pyridine rings is 1. The van der Waals surface area contributed by atoms with Crippen LogP contribution in [0.25, 0.3) is 44.3 Å². The van der Waals surface area contributed by atoms with Crippen LogP contribution >= 0.6 is 0 Å². The van der Waals surface area contributed by atoms with Gasteiger partial charge in [-0.3, -0.25) is 4.99 Å². The van der Waals surface area contributed by atoms with Gasteiger partial charge < -0.3 is 10.2 Å². The first kappa shape index (κ1) is 25.5. The minimum absolute atomic E-state index is 0.184. The Hall–Kier alpha value is -6.00. The van der Waals surface area contributed by atoms with Crippen molar-refractivity contribution in [2.24, 2.45) is 4.99 Å². The molecule has 0 unspecified atom stereocenters. The number of phenolic OH excluding ortho intramolecular Hbond substituents is 2. The molecule has 2 aliphatic rings. The van der Waals surface area contributed by atoms with Gasteiger partial charge in [0.15, 0.2) is 0 Å². The maximum atomic E-state index is 11.7. The fourth-order valence-electron chi connectivity index (χ4n) is 7.55. The summed E-state index contributed by atoms with van der Waals surface area (Å²) in [6, 6.07) is 46.9. The third kappa shape index (κ3) is 3.54. The lowest BCUT2D eigenvalue weighted by Gasteiger charge is -2.30. The number of rotatable bonds is 3. The standard InChI is InChI=1S/C41H26N2O2/c44-38-21-8-11-25-10-7-20-37(40(25)38)42-24-26-12-9-19-36(43-26)31-22-30-29-15-3-6-18-34(29)41(35(30)23-39(31)45)32-16-4-1-13-27(32)28-14-2-5-17-33(28)41/h1-24,44-45H. The first-order chi connectivity index (χ1) is 22.1. The molecule has 1 spiro atoms. The third-order valence-corrected chi connectivity index (χ3v) is 9.36. The van der Waals surface area contributed by atoms with Gasteiger partial charge in [-0.15, -0.1) is 0 Å². The minimum atomic E-state index is -0.513. The largest absolute Gasteiger partial charge is 0.507 e. The predicted octanol–water partition coefficient (Wildman–Crippen LogP) is 9.41. The Labute approximate surface area is 260 Å². The smallest absolute Gasteiger partial charge is 0.125 e. The molecule has 0 radical (unpaired) electrons. The summed E-state index contributed by atoms with van der Waals surface area (Å²) in [6.45, 7) is 0. The molecular formula is C41H26N2O2. The van der Waals surface area contributed by atoms with Crippen molar-refractivity contribution in [3.63, 3.8) is 0 Å². The Morgan fingerprint density at radius 1 is 0.511 bits per heavy atom. The zero-order chi connectivity index (χ0) is 30.1. The van der Waals surface area contributed by atoms with E-state index < -0.39 is 5.41 Å². The van der Waals surface area contributed by atoms with E-state index in [1.54, 1.807) is 12.3 Å². The number of phenols is 2. The first-order valence-electron chi connectivity index (χ1n) is 15.0. The molecule has 2 N–H and O–H groups in total. The van der Waals surface area contributed by atoms with E-state index in [1.165, 1.54) is 27.8 Å². The van der Waals surface area contributed by atoms with E-state index in [1.807, 2.05) is 54.6 Å². The molecule has 212 valence electrons. The highest BCUT2D eigenvalue weighted by molar-refractivity contribution is 6.00. The van der Waals surface area contributed by atoms with Crippen molar-refractivity contribution >= 4 is 22.7 Å². The summed E-state index contributed by atoms with van der Waals surface area (Å²) in [6.07, 6.45) is 1.70. The third-order valence-electron chi connectivity index (χ3n) is 9.36. The van der Waals surface area contributed by atoms with E-state index in [4.69, 9.17) is 9.98 Å². The Balaban J connectivity index is 1.20. The van der Waals surface area contributed by atoms with Crippen LogP contribution in [0.5, 0.6) is 11.5 Å². The number of benzene rings is 6. The molecule has 7 aromatic rings. The van der Waals surface area contributed by atoms with Gasteiger partial charge in [-0.05, 0) is 86.3 Å². The predicted molar refractivity (Wildman–Crippen MR) is 181 cm³/mol. The van der Waals surface area contributed by atoms with Gasteiger partial charge in [-0.25, -0.2) is 4.98 Å². The van der Waals surface area contributed by atoms with E-state index in [0.29, 0.717) is 28.0 Å². The average Bonchev–Trinajstić information content (AvgIpc) is 3.54. The number of aliphatic imine (C=N–C) groups is 1. The second-order valence-electron chi connectivity index (χ2n) is 11.7. The fraction of sp³-hybridized carbons (Fsp3) is 0.0244.